The summed E-state index contributed by atoms with van der Waals surface area (Å²) in [5.74, 6) is 0.526. The number of nitrogens with one attached hydrogen (secondary N) is 2. The zero-order valence-corrected chi connectivity index (χ0v) is 17.3. The predicted molar refractivity (Wildman–Crippen MR) is 115 cm³/mol. The summed E-state index contributed by atoms with van der Waals surface area (Å²) in [6.45, 7) is 4.33. The molecule has 1 aliphatic rings. The SMILES string of the molecule is CCCc1cc(N2CCC(NCC(N)O)CC2)nc2sc(C(N)=O)c(NC)c12. The van der Waals surface area contributed by atoms with Crippen LogP contribution in [0.4, 0.5) is 11.5 Å². The average Bonchev–Trinajstić information content (AvgIpc) is 3.06. The number of rotatable bonds is 8. The number of carbonyl (C=O) groups is 1. The Hall–Kier alpha value is -1.94. The number of pyridine rings is 1. The van der Waals surface area contributed by atoms with Gasteiger partial charge in [-0.15, -0.1) is 11.3 Å². The molecule has 0 spiro atoms. The Labute approximate surface area is 169 Å². The normalized spacial score (nSPS) is 16.5. The van der Waals surface area contributed by atoms with Crippen molar-refractivity contribution in [3.05, 3.63) is 16.5 Å². The number of piperidine rings is 1. The van der Waals surface area contributed by atoms with Crippen LogP contribution in [0.5, 0.6) is 0 Å². The zero-order valence-electron chi connectivity index (χ0n) is 16.5. The summed E-state index contributed by atoms with van der Waals surface area (Å²) in [6.07, 6.45) is 3.04. The fourth-order valence-electron chi connectivity index (χ4n) is 3.80. The first-order chi connectivity index (χ1) is 13.4. The molecule has 1 unspecified atom stereocenters. The molecule has 0 radical (unpaired) electrons. The van der Waals surface area contributed by atoms with E-state index in [1.165, 1.54) is 16.9 Å². The Morgan fingerprint density at radius 2 is 2.18 bits per heavy atom. The molecule has 154 valence electrons. The molecule has 8 nitrogen and oxygen atoms in total. The Morgan fingerprint density at radius 3 is 2.75 bits per heavy atom. The smallest absolute Gasteiger partial charge is 0.261 e. The summed E-state index contributed by atoms with van der Waals surface area (Å²) in [6, 6.07) is 2.51. The topological polar surface area (TPSA) is 130 Å². The van der Waals surface area contributed by atoms with E-state index < -0.39 is 12.1 Å². The van der Waals surface area contributed by atoms with E-state index in [0.717, 1.165) is 60.5 Å². The number of thiophene rings is 1. The summed E-state index contributed by atoms with van der Waals surface area (Å²) in [5, 5.41) is 16.7. The number of nitrogens with zero attached hydrogens (tertiary/aromatic N) is 2. The molecular formula is C19H30N6O2S. The maximum absolute atomic E-state index is 11.9. The first kappa shape index (κ1) is 20.8. The molecule has 7 N–H and O–H groups in total. The maximum atomic E-state index is 11.9. The molecule has 2 aromatic rings. The quantitative estimate of drug-likeness (QED) is 0.417. The number of primary amides is 1. The van der Waals surface area contributed by atoms with E-state index in [1.54, 1.807) is 0 Å². The van der Waals surface area contributed by atoms with E-state index in [0.29, 0.717) is 17.5 Å². The van der Waals surface area contributed by atoms with Gasteiger partial charge in [0.25, 0.3) is 5.91 Å². The van der Waals surface area contributed by atoms with Gasteiger partial charge >= 0.3 is 0 Å². The van der Waals surface area contributed by atoms with Crippen molar-refractivity contribution < 1.29 is 9.90 Å². The molecule has 1 aliphatic heterocycles. The van der Waals surface area contributed by atoms with Gasteiger partial charge in [-0.1, -0.05) is 13.3 Å². The lowest BCUT2D eigenvalue weighted by molar-refractivity contribution is 0.100. The van der Waals surface area contributed by atoms with Crippen LogP contribution in [-0.4, -0.2) is 54.9 Å². The zero-order chi connectivity index (χ0) is 20.3. The van der Waals surface area contributed by atoms with Gasteiger partial charge in [-0.3, -0.25) is 4.79 Å². The second-order valence-corrected chi connectivity index (χ2v) is 8.23. The van der Waals surface area contributed by atoms with Crippen molar-refractivity contribution in [2.75, 3.05) is 36.9 Å². The molecule has 0 bridgehead atoms. The lowest BCUT2D eigenvalue weighted by atomic mass is 10.0. The first-order valence-corrected chi connectivity index (χ1v) is 10.6. The average molecular weight is 407 g/mol. The van der Waals surface area contributed by atoms with Gasteiger partial charge in [0.1, 0.15) is 21.8 Å². The monoisotopic (exact) mass is 406 g/mol. The summed E-state index contributed by atoms with van der Waals surface area (Å²) in [7, 11) is 1.81. The molecule has 1 atom stereocenters. The van der Waals surface area contributed by atoms with Crippen molar-refractivity contribution in [2.45, 2.75) is 44.9 Å². The van der Waals surface area contributed by atoms with Gasteiger partial charge in [-0.05, 0) is 30.9 Å². The first-order valence-electron chi connectivity index (χ1n) is 9.80. The van der Waals surface area contributed by atoms with Crippen molar-refractivity contribution in [1.82, 2.24) is 10.3 Å². The fraction of sp³-hybridized carbons (Fsp3) is 0.579. The third-order valence-electron chi connectivity index (χ3n) is 5.16. The van der Waals surface area contributed by atoms with Crippen molar-refractivity contribution in [1.29, 1.82) is 0 Å². The molecule has 2 aromatic heterocycles. The minimum atomic E-state index is -0.821. The largest absolute Gasteiger partial charge is 0.386 e. The standard InChI is InChI=1S/C19H30N6O2S/c1-3-4-11-9-14(25-7-5-12(6-8-25)23-10-13(20)26)24-19-15(11)16(22-2)17(28-19)18(21)27/h9,12-13,22-23,26H,3-8,10,20H2,1-2H3,(H2,21,27). The van der Waals surface area contributed by atoms with E-state index in [2.05, 4.69) is 28.5 Å². The minimum Gasteiger partial charge on any atom is -0.386 e. The van der Waals surface area contributed by atoms with Crippen molar-refractivity contribution in [2.24, 2.45) is 11.5 Å². The highest BCUT2D eigenvalue weighted by atomic mass is 32.1. The fourth-order valence-corrected chi connectivity index (χ4v) is 4.88. The van der Waals surface area contributed by atoms with Crippen molar-refractivity contribution in [3.8, 4) is 0 Å². The number of aliphatic hydroxyl groups is 1. The highest BCUT2D eigenvalue weighted by Gasteiger charge is 2.24. The van der Waals surface area contributed by atoms with E-state index >= 15 is 0 Å². The molecule has 3 heterocycles. The third-order valence-corrected chi connectivity index (χ3v) is 6.26. The number of hydrogen-bond donors (Lipinski definition) is 5. The molecule has 1 fully saturated rings. The highest BCUT2D eigenvalue weighted by molar-refractivity contribution is 7.21. The summed E-state index contributed by atoms with van der Waals surface area (Å²) in [4.78, 5) is 20.4. The van der Waals surface area contributed by atoms with E-state index in [9.17, 15) is 9.90 Å². The number of fused-ring (bicyclic) bond motifs is 1. The van der Waals surface area contributed by atoms with Crippen LogP contribution < -0.4 is 27.0 Å². The molecule has 0 saturated carbocycles. The van der Waals surface area contributed by atoms with Crippen LogP contribution in [0.25, 0.3) is 10.2 Å². The van der Waals surface area contributed by atoms with Gasteiger partial charge in [0.05, 0.1) is 5.69 Å². The molecule has 0 aliphatic carbocycles. The van der Waals surface area contributed by atoms with Crippen LogP contribution in [0.3, 0.4) is 0 Å². The number of aryl methyl sites for hydroxylation is 1. The van der Waals surface area contributed by atoms with Crippen molar-refractivity contribution >= 4 is 39.0 Å². The lowest BCUT2D eigenvalue weighted by Gasteiger charge is -2.33. The highest BCUT2D eigenvalue weighted by Crippen LogP contribution is 2.39. The van der Waals surface area contributed by atoms with Crippen LogP contribution in [-0.2, 0) is 6.42 Å². The third kappa shape index (κ3) is 4.38. The van der Waals surface area contributed by atoms with Gasteiger partial charge < -0.3 is 32.1 Å². The van der Waals surface area contributed by atoms with Crippen LogP contribution >= 0.6 is 11.3 Å². The number of aliphatic hydroxyl groups excluding tert-OH is 1. The Kier molecular flexibility index (Phi) is 6.71. The molecule has 0 aromatic carbocycles. The van der Waals surface area contributed by atoms with Crippen molar-refractivity contribution in [3.63, 3.8) is 0 Å². The van der Waals surface area contributed by atoms with Gasteiger partial charge in [0, 0.05) is 38.1 Å². The Bertz CT molecular complexity index is 829. The van der Waals surface area contributed by atoms with Crippen LogP contribution in [0.1, 0.15) is 41.4 Å². The van der Waals surface area contributed by atoms with Crippen LogP contribution in [0, 0.1) is 0 Å². The lowest BCUT2D eigenvalue weighted by Crippen LogP contribution is -2.46. The van der Waals surface area contributed by atoms with Gasteiger partial charge in [-0.2, -0.15) is 0 Å². The number of carbonyl (C=O) groups excluding carboxylic acids is 1. The van der Waals surface area contributed by atoms with Crippen LogP contribution in [0.15, 0.2) is 6.07 Å². The summed E-state index contributed by atoms with van der Waals surface area (Å²) in [5.41, 5.74) is 13.0. The minimum absolute atomic E-state index is 0.354. The molecule has 1 amide bonds. The van der Waals surface area contributed by atoms with Gasteiger partial charge in [0.15, 0.2) is 0 Å². The molecule has 9 heteroatoms. The van der Waals surface area contributed by atoms with Crippen LogP contribution in [0.2, 0.25) is 0 Å². The van der Waals surface area contributed by atoms with Gasteiger partial charge in [-0.25, -0.2) is 4.98 Å². The van der Waals surface area contributed by atoms with E-state index in [4.69, 9.17) is 16.5 Å². The Balaban J connectivity index is 1.87. The van der Waals surface area contributed by atoms with E-state index in [1.807, 2.05) is 7.05 Å². The molecular weight excluding hydrogens is 376 g/mol. The number of amides is 1. The molecule has 3 rings (SSSR count). The summed E-state index contributed by atoms with van der Waals surface area (Å²) < 4.78 is 0. The summed E-state index contributed by atoms with van der Waals surface area (Å²) >= 11 is 1.36. The second-order valence-electron chi connectivity index (χ2n) is 7.23. The maximum Gasteiger partial charge on any atom is 0.261 e. The Morgan fingerprint density at radius 1 is 1.46 bits per heavy atom. The molecule has 28 heavy (non-hydrogen) atoms. The van der Waals surface area contributed by atoms with Gasteiger partial charge in [0.2, 0.25) is 0 Å². The number of aromatic nitrogens is 1. The second kappa shape index (κ2) is 9.04. The van der Waals surface area contributed by atoms with E-state index in [-0.39, 0.29) is 0 Å². The number of hydrogen-bond acceptors (Lipinski definition) is 8. The number of anilines is 2. The predicted octanol–water partition coefficient (Wildman–Crippen LogP) is 1.22. The molecule has 1 saturated heterocycles. The number of nitrogens with two attached hydrogens (primary N) is 2.